The van der Waals surface area contributed by atoms with Crippen LogP contribution >= 0.6 is 11.8 Å². The lowest BCUT2D eigenvalue weighted by Crippen LogP contribution is -1.87. The summed E-state index contributed by atoms with van der Waals surface area (Å²) >= 11 is 1.55. The van der Waals surface area contributed by atoms with E-state index in [1.165, 1.54) is 0 Å². The van der Waals surface area contributed by atoms with E-state index in [-0.39, 0.29) is 6.61 Å². The van der Waals surface area contributed by atoms with E-state index < -0.39 is 0 Å². The molecular weight excluding hydrogens is 308 g/mol. The molecule has 0 saturated heterocycles. The fourth-order valence-corrected chi connectivity index (χ4v) is 3.04. The number of imidazole rings is 1. The van der Waals surface area contributed by atoms with Gasteiger partial charge in [-0.25, -0.2) is 4.98 Å². The highest BCUT2D eigenvalue weighted by molar-refractivity contribution is 7.99. The molecule has 0 aliphatic heterocycles. The molecule has 0 bridgehead atoms. The lowest BCUT2D eigenvalue weighted by Gasteiger charge is -2.01. The van der Waals surface area contributed by atoms with Gasteiger partial charge in [0.25, 0.3) is 0 Å². The highest BCUT2D eigenvalue weighted by Gasteiger charge is 2.13. The first-order valence-electron chi connectivity index (χ1n) is 7.35. The molecule has 118 valence electrons. The molecule has 3 aromatic rings. The summed E-state index contributed by atoms with van der Waals surface area (Å²) in [7, 11) is 1.65. The summed E-state index contributed by atoms with van der Waals surface area (Å²) in [6, 6.07) is 17.9. The zero-order valence-electron chi connectivity index (χ0n) is 12.8. The lowest BCUT2D eigenvalue weighted by atomic mass is 10.2. The maximum atomic E-state index is 9.10. The van der Waals surface area contributed by atoms with E-state index in [0.29, 0.717) is 5.75 Å². The van der Waals surface area contributed by atoms with Gasteiger partial charge >= 0.3 is 0 Å². The largest absolute Gasteiger partial charge is 0.497 e. The summed E-state index contributed by atoms with van der Waals surface area (Å²) in [4.78, 5) is 8.11. The molecule has 0 radical (unpaired) electrons. The normalized spacial score (nSPS) is 10.7. The number of thioether (sulfide) groups is 1. The van der Waals surface area contributed by atoms with Gasteiger partial charge in [-0.2, -0.15) is 0 Å². The van der Waals surface area contributed by atoms with Crippen molar-refractivity contribution >= 4 is 11.8 Å². The van der Waals surface area contributed by atoms with Gasteiger partial charge in [-0.1, -0.05) is 30.3 Å². The average Bonchev–Trinajstić information content (AvgIpc) is 3.05. The van der Waals surface area contributed by atoms with Crippen molar-refractivity contribution in [2.75, 3.05) is 19.5 Å². The maximum absolute atomic E-state index is 9.10. The van der Waals surface area contributed by atoms with Crippen LogP contribution in [-0.4, -0.2) is 34.5 Å². The molecule has 1 aromatic heterocycles. The predicted molar refractivity (Wildman–Crippen MR) is 93.8 cm³/mol. The Balaban J connectivity index is 1.99. The van der Waals surface area contributed by atoms with E-state index in [1.807, 2.05) is 54.6 Å². The molecule has 0 unspecified atom stereocenters. The molecule has 0 atom stereocenters. The molecule has 23 heavy (non-hydrogen) atoms. The number of benzene rings is 2. The van der Waals surface area contributed by atoms with Crippen molar-refractivity contribution in [2.24, 2.45) is 0 Å². The SMILES string of the molecule is COc1ccc(-c2nc(SCCO)c(-c3ccccc3)[nH]2)cc1. The number of hydrogen-bond acceptors (Lipinski definition) is 4. The third-order valence-electron chi connectivity index (χ3n) is 3.43. The smallest absolute Gasteiger partial charge is 0.139 e. The van der Waals surface area contributed by atoms with Crippen LogP contribution in [0.5, 0.6) is 5.75 Å². The van der Waals surface area contributed by atoms with Crippen LogP contribution in [-0.2, 0) is 0 Å². The molecule has 5 heteroatoms. The van der Waals surface area contributed by atoms with E-state index in [1.54, 1.807) is 18.9 Å². The number of nitrogens with zero attached hydrogens (tertiary/aromatic N) is 1. The van der Waals surface area contributed by atoms with Crippen molar-refractivity contribution in [3.8, 4) is 28.4 Å². The van der Waals surface area contributed by atoms with Crippen LogP contribution in [0.2, 0.25) is 0 Å². The van der Waals surface area contributed by atoms with Crippen LogP contribution < -0.4 is 4.74 Å². The zero-order valence-corrected chi connectivity index (χ0v) is 13.6. The van der Waals surface area contributed by atoms with Crippen LogP contribution in [0.3, 0.4) is 0 Å². The molecule has 4 nitrogen and oxygen atoms in total. The summed E-state index contributed by atoms with van der Waals surface area (Å²) in [6.07, 6.45) is 0. The molecule has 3 rings (SSSR count). The van der Waals surface area contributed by atoms with Crippen molar-refractivity contribution < 1.29 is 9.84 Å². The molecule has 0 aliphatic rings. The Kier molecular flexibility index (Phi) is 5.00. The minimum atomic E-state index is 0.129. The molecule has 0 aliphatic carbocycles. The summed E-state index contributed by atoms with van der Waals surface area (Å²) in [5.41, 5.74) is 3.06. The van der Waals surface area contributed by atoms with Crippen LogP contribution in [0.25, 0.3) is 22.6 Å². The Labute approximate surface area is 139 Å². The topological polar surface area (TPSA) is 58.1 Å². The molecule has 0 fully saturated rings. The highest BCUT2D eigenvalue weighted by atomic mass is 32.2. The number of ether oxygens (including phenoxy) is 1. The Morgan fingerprint density at radius 2 is 1.78 bits per heavy atom. The number of aromatic amines is 1. The predicted octanol–water partition coefficient (Wildman–Crippen LogP) is 3.84. The van der Waals surface area contributed by atoms with Gasteiger partial charge in [-0.05, 0) is 24.3 Å². The molecule has 0 saturated carbocycles. The Hall–Kier alpha value is -2.24. The number of rotatable bonds is 6. The number of H-pyrrole nitrogens is 1. The van der Waals surface area contributed by atoms with Gasteiger partial charge in [0.2, 0.25) is 0 Å². The Bertz CT molecular complexity index is 754. The van der Waals surface area contributed by atoms with Gasteiger partial charge in [0.05, 0.1) is 19.4 Å². The van der Waals surface area contributed by atoms with Crippen molar-refractivity contribution in [1.29, 1.82) is 0 Å². The van der Waals surface area contributed by atoms with E-state index in [0.717, 1.165) is 33.4 Å². The van der Waals surface area contributed by atoms with Crippen molar-refractivity contribution in [2.45, 2.75) is 5.03 Å². The molecule has 0 spiro atoms. The van der Waals surface area contributed by atoms with Crippen molar-refractivity contribution in [3.63, 3.8) is 0 Å². The van der Waals surface area contributed by atoms with E-state index in [4.69, 9.17) is 14.8 Å². The monoisotopic (exact) mass is 326 g/mol. The Morgan fingerprint density at radius 3 is 2.43 bits per heavy atom. The van der Waals surface area contributed by atoms with Gasteiger partial charge in [0.1, 0.15) is 16.6 Å². The minimum Gasteiger partial charge on any atom is -0.497 e. The molecule has 2 N–H and O–H groups in total. The van der Waals surface area contributed by atoms with Crippen LogP contribution in [0.4, 0.5) is 0 Å². The van der Waals surface area contributed by atoms with Gasteiger partial charge in [0, 0.05) is 16.9 Å². The van der Waals surface area contributed by atoms with Crippen molar-refractivity contribution in [1.82, 2.24) is 9.97 Å². The van der Waals surface area contributed by atoms with E-state index in [2.05, 4.69) is 4.98 Å². The highest BCUT2D eigenvalue weighted by Crippen LogP contribution is 2.32. The summed E-state index contributed by atoms with van der Waals surface area (Å²) in [5.74, 6) is 2.25. The van der Waals surface area contributed by atoms with Gasteiger partial charge in [-0.15, -0.1) is 11.8 Å². The molecular formula is C18H18N2O2S. The second-order valence-electron chi connectivity index (χ2n) is 4.93. The van der Waals surface area contributed by atoms with Crippen molar-refractivity contribution in [3.05, 3.63) is 54.6 Å². The third-order valence-corrected chi connectivity index (χ3v) is 4.38. The average molecular weight is 326 g/mol. The molecule has 2 aromatic carbocycles. The number of aliphatic hydroxyl groups is 1. The standard InChI is InChI=1S/C18H18N2O2S/c1-22-15-9-7-14(8-10-15)17-19-16(13-5-3-2-4-6-13)18(20-17)23-12-11-21/h2-10,21H,11-12H2,1H3,(H,19,20). The first kappa shape index (κ1) is 15.6. The number of hydrogen-bond donors (Lipinski definition) is 2. The van der Waals surface area contributed by atoms with E-state index >= 15 is 0 Å². The minimum absolute atomic E-state index is 0.129. The van der Waals surface area contributed by atoms with E-state index in [9.17, 15) is 0 Å². The van der Waals surface area contributed by atoms with Gasteiger partial charge in [0.15, 0.2) is 0 Å². The zero-order chi connectivity index (χ0) is 16.1. The van der Waals surface area contributed by atoms with Gasteiger partial charge in [-0.3, -0.25) is 0 Å². The Morgan fingerprint density at radius 1 is 1.04 bits per heavy atom. The lowest BCUT2D eigenvalue weighted by molar-refractivity contribution is 0.322. The first-order valence-corrected chi connectivity index (χ1v) is 8.34. The summed E-state index contributed by atoms with van der Waals surface area (Å²) in [5, 5.41) is 10.00. The summed E-state index contributed by atoms with van der Waals surface area (Å²) in [6.45, 7) is 0.129. The van der Waals surface area contributed by atoms with Gasteiger partial charge < -0.3 is 14.8 Å². The first-order chi connectivity index (χ1) is 11.3. The molecule has 0 amide bonds. The van der Waals surface area contributed by atoms with Crippen LogP contribution in [0.1, 0.15) is 0 Å². The fraction of sp³-hybridized carbons (Fsp3) is 0.167. The molecule has 1 heterocycles. The second-order valence-corrected chi connectivity index (χ2v) is 6.02. The van der Waals surface area contributed by atoms with Crippen LogP contribution in [0, 0.1) is 0 Å². The number of nitrogens with one attached hydrogen (secondary N) is 1. The number of methoxy groups -OCH3 is 1. The quantitative estimate of drug-likeness (QED) is 0.676. The van der Waals surface area contributed by atoms with Crippen LogP contribution in [0.15, 0.2) is 59.6 Å². The third kappa shape index (κ3) is 3.57. The number of aromatic nitrogens is 2. The number of aliphatic hydroxyl groups excluding tert-OH is 1. The fourth-order valence-electron chi connectivity index (χ4n) is 2.29. The summed E-state index contributed by atoms with van der Waals surface area (Å²) < 4.78 is 5.19. The maximum Gasteiger partial charge on any atom is 0.139 e. The second kappa shape index (κ2) is 7.35.